The second-order valence-corrected chi connectivity index (χ2v) is 5.27. The smallest absolute Gasteiger partial charge is 0.354 e. The van der Waals surface area contributed by atoms with Crippen molar-refractivity contribution in [2.75, 3.05) is 0 Å². The molecule has 8 heteroatoms. The molecule has 0 saturated carbocycles. The van der Waals surface area contributed by atoms with E-state index in [9.17, 15) is 9.18 Å². The Bertz CT molecular complexity index is 885. The van der Waals surface area contributed by atoms with Gasteiger partial charge in [-0.1, -0.05) is 23.2 Å². The summed E-state index contributed by atoms with van der Waals surface area (Å²) in [5.41, 5.74) is 0.912. The standard InChI is InChI=1S/C13H8Cl2FN3O2/c1-18-11(12(20)21)5-19-4-10(17-13(18)19)6-2-9(16)8(15)3-7(6)14/h2-5H,1H3,(H,20,21). The van der Waals surface area contributed by atoms with E-state index in [1.807, 2.05) is 0 Å². The highest BCUT2D eigenvalue weighted by Gasteiger charge is 2.17. The first-order valence-electron chi connectivity index (χ1n) is 5.81. The topological polar surface area (TPSA) is 59.5 Å². The molecule has 0 aliphatic rings. The number of nitrogens with zero attached hydrogens (tertiary/aromatic N) is 3. The number of aromatic carboxylic acids is 1. The number of rotatable bonds is 2. The largest absolute Gasteiger partial charge is 0.477 e. The average Bonchev–Trinajstić information content (AvgIpc) is 2.94. The zero-order valence-electron chi connectivity index (χ0n) is 10.6. The zero-order valence-corrected chi connectivity index (χ0v) is 12.2. The van der Waals surface area contributed by atoms with Crippen LogP contribution in [0.2, 0.25) is 10.0 Å². The van der Waals surface area contributed by atoms with Crippen LogP contribution in [0.4, 0.5) is 4.39 Å². The molecule has 0 aliphatic heterocycles. The lowest BCUT2D eigenvalue weighted by atomic mass is 10.1. The molecule has 0 unspecified atom stereocenters. The van der Waals surface area contributed by atoms with Crippen LogP contribution in [0, 0.1) is 5.82 Å². The Morgan fingerprint density at radius 1 is 1.29 bits per heavy atom. The molecule has 108 valence electrons. The lowest BCUT2D eigenvalue weighted by molar-refractivity contribution is 0.0686. The summed E-state index contributed by atoms with van der Waals surface area (Å²) in [6.07, 6.45) is 3.00. The Hall–Kier alpha value is -2.05. The van der Waals surface area contributed by atoms with Gasteiger partial charge in [0.2, 0.25) is 5.78 Å². The van der Waals surface area contributed by atoms with Gasteiger partial charge in [0.1, 0.15) is 11.5 Å². The van der Waals surface area contributed by atoms with Crippen molar-refractivity contribution in [3.63, 3.8) is 0 Å². The Kier molecular flexibility index (Phi) is 3.15. The SMILES string of the molecule is Cn1c(C(=O)O)cn2cc(-c3cc(F)c(Cl)cc3Cl)nc12. The van der Waals surface area contributed by atoms with Crippen LogP contribution in [0.3, 0.4) is 0 Å². The Labute approximate surface area is 128 Å². The van der Waals surface area contributed by atoms with Crippen molar-refractivity contribution in [3.8, 4) is 11.3 Å². The Morgan fingerprint density at radius 2 is 2.00 bits per heavy atom. The summed E-state index contributed by atoms with van der Waals surface area (Å²) in [5.74, 6) is -1.24. The van der Waals surface area contributed by atoms with Gasteiger partial charge in [-0.25, -0.2) is 14.2 Å². The summed E-state index contributed by atoms with van der Waals surface area (Å²) in [5, 5.41) is 9.23. The molecule has 0 radical (unpaired) electrons. The molecule has 0 fully saturated rings. The molecule has 2 heterocycles. The summed E-state index contributed by atoms with van der Waals surface area (Å²) in [6, 6.07) is 2.50. The van der Waals surface area contributed by atoms with Crippen molar-refractivity contribution < 1.29 is 14.3 Å². The van der Waals surface area contributed by atoms with Gasteiger partial charge in [-0.2, -0.15) is 0 Å². The van der Waals surface area contributed by atoms with Gasteiger partial charge in [0.05, 0.1) is 15.7 Å². The number of aromatic nitrogens is 3. The fourth-order valence-electron chi connectivity index (χ4n) is 2.10. The van der Waals surface area contributed by atoms with Gasteiger partial charge >= 0.3 is 5.97 Å². The number of hydrogen-bond donors (Lipinski definition) is 1. The van der Waals surface area contributed by atoms with Crippen molar-refractivity contribution in [2.24, 2.45) is 7.05 Å². The van der Waals surface area contributed by atoms with Crippen molar-refractivity contribution in [2.45, 2.75) is 0 Å². The van der Waals surface area contributed by atoms with E-state index in [4.69, 9.17) is 28.3 Å². The van der Waals surface area contributed by atoms with E-state index in [-0.39, 0.29) is 15.7 Å². The quantitative estimate of drug-likeness (QED) is 0.733. The predicted octanol–water partition coefficient (Wildman–Crippen LogP) is 3.48. The van der Waals surface area contributed by atoms with Crippen LogP contribution in [0.15, 0.2) is 24.5 Å². The van der Waals surface area contributed by atoms with Crippen molar-refractivity contribution in [3.05, 3.63) is 46.1 Å². The lowest BCUT2D eigenvalue weighted by Gasteiger charge is -2.02. The molecule has 3 aromatic rings. The molecule has 0 atom stereocenters. The molecule has 5 nitrogen and oxygen atoms in total. The van der Waals surface area contributed by atoms with E-state index in [0.717, 1.165) is 0 Å². The number of aryl methyl sites for hydroxylation is 1. The van der Waals surface area contributed by atoms with Crippen molar-refractivity contribution >= 4 is 34.9 Å². The fraction of sp³-hybridized carbons (Fsp3) is 0.0769. The normalized spacial score (nSPS) is 11.2. The number of fused-ring (bicyclic) bond motifs is 1. The van der Waals surface area contributed by atoms with E-state index in [0.29, 0.717) is 17.0 Å². The molecule has 0 aliphatic carbocycles. The number of hydrogen-bond acceptors (Lipinski definition) is 2. The highest BCUT2D eigenvalue weighted by Crippen LogP contribution is 2.32. The zero-order chi connectivity index (χ0) is 15.3. The average molecular weight is 328 g/mol. The predicted molar refractivity (Wildman–Crippen MR) is 76.5 cm³/mol. The highest BCUT2D eigenvalue weighted by atomic mass is 35.5. The van der Waals surface area contributed by atoms with Crippen LogP contribution in [0.25, 0.3) is 17.0 Å². The second kappa shape index (κ2) is 4.75. The Balaban J connectivity index is 2.19. The molecule has 3 rings (SSSR count). The molecule has 0 bridgehead atoms. The summed E-state index contributed by atoms with van der Waals surface area (Å²) in [7, 11) is 1.58. The van der Waals surface area contributed by atoms with E-state index in [2.05, 4.69) is 4.98 Å². The molecule has 2 aromatic heterocycles. The summed E-state index contributed by atoms with van der Waals surface area (Å²) < 4.78 is 16.5. The molecular weight excluding hydrogens is 320 g/mol. The van der Waals surface area contributed by atoms with E-state index in [1.54, 1.807) is 17.6 Å². The number of carbonyl (C=O) groups is 1. The van der Waals surface area contributed by atoms with Crippen LogP contribution in [-0.4, -0.2) is 25.0 Å². The van der Waals surface area contributed by atoms with Gasteiger partial charge in [0.25, 0.3) is 0 Å². The van der Waals surface area contributed by atoms with Crippen LogP contribution < -0.4 is 0 Å². The first-order chi connectivity index (χ1) is 9.88. The molecule has 21 heavy (non-hydrogen) atoms. The highest BCUT2D eigenvalue weighted by molar-refractivity contribution is 6.36. The third-order valence-electron chi connectivity index (χ3n) is 3.14. The Morgan fingerprint density at radius 3 is 2.62 bits per heavy atom. The molecule has 0 spiro atoms. The number of carboxylic acids is 1. The van der Waals surface area contributed by atoms with E-state index >= 15 is 0 Å². The minimum atomic E-state index is -1.06. The van der Waals surface area contributed by atoms with Crippen LogP contribution in [0.5, 0.6) is 0 Å². The summed E-state index contributed by atoms with van der Waals surface area (Å²) in [4.78, 5) is 15.3. The number of carboxylic acid groups (broad SMARTS) is 1. The van der Waals surface area contributed by atoms with E-state index < -0.39 is 11.8 Å². The monoisotopic (exact) mass is 327 g/mol. The first kappa shape index (κ1) is 13.9. The third kappa shape index (κ3) is 2.16. The molecule has 1 aromatic carbocycles. The molecule has 1 N–H and O–H groups in total. The molecular formula is C13H8Cl2FN3O2. The minimum Gasteiger partial charge on any atom is -0.477 e. The number of imidazole rings is 2. The van der Waals surface area contributed by atoms with Crippen LogP contribution in [-0.2, 0) is 7.05 Å². The molecule has 0 amide bonds. The number of halogens is 3. The summed E-state index contributed by atoms with van der Waals surface area (Å²) >= 11 is 11.7. The number of benzene rings is 1. The van der Waals surface area contributed by atoms with Crippen molar-refractivity contribution in [1.82, 2.24) is 14.0 Å². The van der Waals surface area contributed by atoms with Gasteiger partial charge in [-0.05, 0) is 12.1 Å². The summed E-state index contributed by atoms with van der Waals surface area (Å²) in [6.45, 7) is 0. The lowest BCUT2D eigenvalue weighted by Crippen LogP contribution is -2.04. The van der Waals surface area contributed by atoms with Gasteiger partial charge in [-0.3, -0.25) is 4.40 Å². The van der Waals surface area contributed by atoms with Crippen LogP contribution >= 0.6 is 23.2 Å². The van der Waals surface area contributed by atoms with Gasteiger partial charge in [0.15, 0.2) is 0 Å². The van der Waals surface area contributed by atoms with Crippen LogP contribution in [0.1, 0.15) is 10.5 Å². The van der Waals surface area contributed by atoms with Gasteiger partial charge in [-0.15, -0.1) is 0 Å². The maximum absolute atomic E-state index is 13.6. The molecule has 0 saturated heterocycles. The van der Waals surface area contributed by atoms with E-state index in [1.165, 1.54) is 22.9 Å². The fourth-order valence-corrected chi connectivity index (χ4v) is 2.58. The maximum atomic E-state index is 13.6. The maximum Gasteiger partial charge on any atom is 0.354 e. The first-order valence-corrected chi connectivity index (χ1v) is 6.56. The van der Waals surface area contributed by atoms with Gasteiger partial charge < -0.3 is 9.67 Å². The third-order valence-corrected chi connectivity index (χ3v) is 3.74. The second-order valence-electron chi connectivity index (χ2n) is 4.46. The van der Waals surface area contributed by atoms with Crippen molar-refractivity contribution in [1.29, 1.82) is 0 Å². The van der Waals surface area contributed by atoms with Gasteiger partial charge in [0, 0.05) is 25.0 Å². The minimum absolute atomic E-state index is 0.0688.